The molecule has 378 valence electrons. The number of hydrogen-bond donors (Lipinski definition) is 10. The van der Waals surface area contributed by atoms with E-state index in [4.69, 9.17) is 61.6 Å². The summed E-state index contributed by atoms with van der Waals surface area (Å²) in [5.74, 6) is -2.62. The molecule has 6 rings (SSSR count). The zero-order valence-corrected chi connectivity index (χ0v) is 36.3. The van der Waals surface area contributed by atoms with Crippen LogP contribution in [-0.2, 0) is 76.0 Å². The van der Waals surface area contributed by atoms with Crippen molar-refractivity contribution in [1.82, 2.24) is 0 Å². The molecule has 0 aromatic heterocycles. The molecule has 22 unspecified atom stereocenters. The maximum Gasteiger partial charge on any atom is 0.331 e. The smallest absolute Gasteiger partial charge is 0.331 e. The van der Waals surface area contributed by atoms with Crippen LogP contribution in [0.15, 0.2) is 36.4 Å². The number of aliphatic hydroxyl groups excluding tert-OH is 10. The quantitative estimate of drug-likeness (QED) is 0.0419. The van der Waals surface area contributed by atoms with Crippen LogP contribution in [0.2, 0.25) is 0 Å². The van der Waals surface area contributed by atoms with Gasteiger partial charge in [-0.2, -0.15) is 0 Å². The molecule has 0 bridgehead atoms. The zero-order chi connectivity index (χ0) is 48.7. The fourth-order valence-corrected chi connectivity index (χ4v) is 7.82. The van der Waals surface area contributed by atoms with Crippen molar-refractivity contribution < 1.29 is 127 Å². The molecular weight excluding hydrogens is 908 g/mol. The van der Waals surface area contributed by atoms with E-state index in [0.29, 0.717) is 5.56 Å². The van der Waals surface area contributed by atoms with E-state index >= 15 is 0 Å². The van der Waals surface area contributed by atoms with Gasteiger partial charge in [0, 0.05) is 27.0 Å². The predicted molar refractivity (Wildman–Crippen MR) is 212 cm³/mol. The summed E-state index contributed by atoms with van der Waals surface area (Å²) in [6.07, 6.45) is -34.2. The maximum absolute atomic E-state index is 13.0. The third-order valence-electron chi connectivity index (χ3n) is 11.4. The van der Waals surface area contributed by atoms with Gasteiger partial charge in [0.05, 0.1) is 26.4 Å². The first-order valence-electron chi connectivity index (χ1n) is 21.2. The lowest BCUT2D eigenvalue weighted by Crippen LogP contribution is -2.65. The zero-order valence-electron chi connectivity index (χ0n) is 36.3. The fraction of sp³-hybridized carbons (Fsp3) is 0.732. The number of ether oxygens (including phenoxy) is 13. The van der Waals surface area contributed by atoms with Crippen LogP contribution in [-0.4, -0.2) is 244 Å². The molecule has 22 atom stereocenters. The summed E-state index contributed by atoms with van der Waals surface area (Å²) in [5, 5.41) is 108. The van der Waals surface area contributed by atoms with Gasteiger partial charge in [0.25, 0.3) is 0 Å². The summed E-state index contributed by atoms with van der Waals surface area (Å²) in [6, 6.07) is 8.63. The molecule has 5 heterocycles. The Morgan fingerprint density at radius 3 is 1.75 bits per heavy atom. The number of rotatable bonds is 16. The van der Waals surface area contributed by atoms with Crippen LogP contribution in [0.25, 0.3) is 6.08 Å². The van der Waals surface area contributed by atoms with Gasteiger partial charge in [-0.25, -0.2) is 4.79 Å². The van der Waals surface area contributed by atoms with Gasteiger partial charge in [-0.3, -0.25) is 9.59 Å². The van der Waals surface area contributed by atoms with Crippen LogP contribution in [0.5, 0.6) is 0 Å². The first-order chi connectivity index (χ1) is 31.9. The Kier molecular flexibility index (Phi) is 18.9. The maximum atomic E-state index is 13.0. The molecule has 0 aliphatic carbocycles. The Labute approximate surface area is 381 Å². The van der Waals surface area contributed by atoms with Crippen molar-refractivity contribution in [1.29, 1.82) is 0 Å². The Hall–Kier alpha value is -3.43. The Balaban J connectivity index is 1.09. The molecule has 26 heteroatoms. The van der Waals surface area contributed by atoms with Gasteiger partial charge < -0.3 is 113 Å². The van der Waals surface area contributed by atoms with Crippen molar-refractivity contribution in [2.24, 2.45) is 0 Å². The highest BCUT2D eigenvalue weighted by Crippen LogP contribution is 2.34. The Morgan fingerprint density at radius 2 is 1.15 bits per heavy atom. The first-order valence-corrected chi connectivity index (χ1v) is 21.2. The second kappa shape index (κ2) is 23.9. The van der Waals surface area contributed by atoms with E-state index in [1.54, 1.807) is 30.3 Å². The predicted octanol–water partition coefficient (Wildman–Crippen LogP) is -5.95. The number of carbonyl (C=O) groups is 3. The third-order valence-corrected chi connectivity index (χ3v) is 11.4. The van der Waals surface area contributed by atoms with Crippen LogP contribution in [0.3, 0.4) is 0 Å². The summed E-state index contributed by atoms with van der Waals surface area (Å²) in [5.41, 5.74) is 0.625. The lowest BCUT2D eigenvalue weighted by molar-refractivity contribution is -0.379. The van der Waals surface area contributed by atoms with Crippen molar-refractivity contribution in [3.63, 3.8) is 0 Å². The van der Waals surface area contributed by atoms with Gasteiger partial charge in [0.15, 0.2) is 43.7 Å². The van der Waals surface area contributed by atoms with Crippen LogP contribution < -0.4 is 0 Å². The van der Waals surface area contributed by atoms with Gasteiger partial charge in [-0.15, -0.1) is 0 Å². The van der Waals surface area contributed by atoms with Crippen molar-refractivity contribution in [3.05, 3.63) is 42.0 Å². The van der Waals surface area contributed by atoms with E-state index in [1.807, 2.05) is 0 Å². The second-order valence-electron chi connectivity index (χ2n) is 16.2. The molecule has 5 aliphatic rings. The summed E-state index contributed by atoms with van der Waals surface area (Å²) in [7, 11) is 1.20. The summed E-state index contributed by atoms with van der Waals surface area (Å²) in [6.45, 7) is -0.818. The molecule has 0 saturated carbocycles. The molecule has 0 amide bonds. The highest BCUT2D eigenvalue weighted by atomic mass is 16.8. The highest BCUT2D eigenvalue weighted by molar-refractivity contribution is 5.87. The van der Waals surface area contributed by atoms with Crippen molar-refractivity contribution in [2.45, 2.75) is 149 Å². The van der Waals surface area contributed by atoms with Gasteiger partial charge >= 0.3 is 17.9 Å². The normalized spacial score (nSPS) is 42.8. The molecule has 1 aromatic rings. The molecule has 5 saturated heterocycles. The molecule has 0 spiro atoms. The van der Waals surface area contributed by atoms with Crippen LogP contribution >= 0.6 is 0 Å². The van der Waals surface area contributed by atoms with Gasteiger partial charge in [-0.1, -0.05) is 30.3 Å². The fourth-order valence-electron chi connectivity index (χ4n) is 7.82. The van der Waals surface area contributed by atoms with Crippen LogP contribution in [0.4, 0.5) is 0 Å². The number of esters is 3. The summed E-state index contributed by atoms with van der Waals surface area (Å²) >= 11 is 0. The number of carbonyl (C=O) groups excluding carboxylic acids is 3. The standard InChI is InChI=1S/C41H58O26/c1-16(43)56-15-23-34(60-17(2)44)32(54)36(65-24(46)10-9-18-7-5-4-6-8-18)41(64-23)63-22-14-58-38(29(51)27(22)49)62-21-13-59-39(30(52)26(21)48)67-35-25(47)19(45)12-57-40(35)66-33-20(11-42)61-37(55-3)31(53)28(33)50/h4-10,19-23,25-42,45,47-54H,11-15H2,1-3H3/b10-9+. The number of benzene rings is 1. The lowest BCUT2D eigenvalue weighted by Gasteiger charge is -2.47. The molecule has 10 N–H and O–H groups in total. The first kappa shape index (κ1) is 52.9. The molecular formula is C41H58O26. The SMILES string of the molecule is COC1OC(CO)C(OC2OCC(O)C(O)C2OC2OCC(OC3OCC(OC4OC(COC(C)=O)C(OC(C)=O)C(O)C4OC(=O)/C=C/c4ccccc4)C(O)C3O)C(O)C2O)C(O)C1O. The highest BCUT2D eigenvalue weighted by Gasteiger charge is 2.54. The molecule has 0 radical (unpaired) electrons. The minimum absolute atomic E-state index is 0.500. The van der Waals surface area contributed by atoms with Crippen molar-refractivity contribution in [3.8, 4) is 0 Å². The van der Waals surface area contributed by atoms with E-state index in [9.17, 15) is 65.4 Å². The van der Waals surface area contributed by atoms with E-state index < -0.39 is 186 Å². The van der Waals surface area contributed by atoms with E-state index in [2.05, 4.69) is 0 Å². The summed E-state index contributed by atoms with van der Waals surface area (Å²) < 4.78 is 72.1. The number of aliphatic hydroxyl groups is 10. The average Bonchev–Trinajstić information content (AvgIpc) is 3.30. The third kappa shape index (κ3) is 12.9. The van der Waals surface area contributed by atoms with E-state index in [1.165, 1.54) is 13.2 Å². The van der Waals surface area contributed by atoms with Crippen LogP contribution in [0, 0.1) is 0 Å². The van der Waals surface area contributed by atoms with Crippen LogP contribution in [0.1, 0.15) is 19.4 Å². The minimum Gasteiger partial charge on any atom is -0.463 e. The number of hydrogen-bond acceptors (Lipinski definition) is 26. The van der Waals surface area contributed by atoms with Crippen molar-refractivity contribution >= 4 is 24.0 Å². The van der Waals surface area contributed by atoms with Crippen molar-refractivity contribution in [2.75, 3.05) is 40.1 Å². The van der Waals surface area contributed by atoms with E-state index in [-0.39, 0.29) is 0 Å². The lowest BCUT2D eigenvalue weighted by atomic mass is 9.98. The van der Waals surface area contributed by atoms with Gasteiger partial charge in [-0.05, 0) is 11.6 Å². The average molecular weight is 967 g/mol. The largest absolute Gasteiger partial charge is 0.463 e. The monoisotopic (exact) mass is 966 g/mol. The van der Waals surface area contributed by atoms with Gasteiger partial charge in [0.1, 0.15) is 98.2 Å². The Bertz CT molecular complexity index is 1770. The Morgan fingerprint density at radius 1 is 0.582 bits per heavy atom. The topological polar surface area (TPSA) is 374 Å². The van der Waals surface area contributed by atoms with E-state index in [0.717, 1.165) is 19.9 Å². The molecule has 67 heavy (non-hydrogen) atoms. The molecule has 26 nitrogen and oxygen atoms in total. The molecule has 5 aliphatic heterocycles. The second-order valence-corrected chi connectivity index (χ2v) is 16.2. The molecule has 5 fully saturated rings. The summed E-state index contributed by atoms with van der Waals surface area (Å²) in [4.78, 5) is 36.7. The number of methoxy groups -OCH3 is 1. The molecule has 1 aromatic carbocycles. The van der Waals surface area contributed by atoms with Gasteiger partial charge in [0.2, 0.25) is 0 Å². The minimum atomic E-state index is -1.97.